The molecular weight excluding hydrogens is 199 g/mol. The van der Waals surface area contributed by atoms with E-state index in [-0.39, 0.29) is 0 Å². The molecule has 0 fully saturated rings. The van der Waals surface area contributed by atoms with Gasteiger partial charge in [-0.2, -0.15) is 0 Å². The number of aliphatic hydroxyl groups is 1. The van der Waals surface area contributed by atoms with Crippen LogP contribution in [0.5, 0.6) is 5.75 Å². The molecule has 0 heterocycles. The van der Waals surface area contributed by atoms with Crippen LogP contribution >= 0.6 is 23.2 Å². The highest BCUT2D eigenvalue weighted by Crippen LogP contribution is 2.31. The van der Waals surface area contributed by atoms with Gasteiger partial charge < -0.3 is 9.84 Å². The Morgan fingerprint density at radius 3 is 2.58 bits per heavy atom. The molecule has 0 aromatic heterocycles. The molecule has 0 saturated heterocycles. The van der Waals surface area contributed by atoms with E-state index in [4.69, 9.17) is 33.0 Å². The maximum Gasteiger partial charge on any atom is 0.120 e. The summed E-state index contributed by atoms with van der Waals surface area (Å²) in [4.78, 5) is 0. The molecule has 0 saturated carbocycles. The number of benzene rings is 1. The first-order valence-electron chi connectivity index (χ1n) is 3.19. The fourth-order valence-corrected chi connectivity index (χ4v) is 1.17. The van der Waals surface area contributed by atoms with E-state index in [1.807, 2.05) is 0 Å². The second kappa shape index (κ2) is 3.99. The fourth-order valence-electron chi connectivity index (χ4n) is 0.796. The van der Waals surface area contributed by atoms with Gasteiger partial charge >= 0.3 is 0 Å². The van der Waals surface area contributed by atoms with Crippen molar-refractivity contribution in [3.8, 4) is 5.75 Å². The zero-order valence-corrected chi connectivity index (χ0v) is 7.86. The first kappa shape index (κ1) is 9.65. The second-order valence-corrected chi connectivity index (χ2v) is 2.93. The Kier molecular flexibility index (Phi) is 3.20. The van der Waals surface area contributed by atoms with Gasteiger partial charge in [0, 0.05) is 11.6 Å². The van der Waals surface area contributed by atoms with Crippen molar-refractivity contribution in [2.75, 3.05) is 7.11 Å². The molecule has 4 heteroatoms. The molecule has 12 heavy (non-hydrogen) atoms. The van der Waals surface area contributed by atoms with Gasteiger partial charge in [0.2, 0.25) is 0 Å². The topological polar surface area (TPSA) is 29.5 Å². The lowest BCUT2D eigenvalue weighted by molar-refractivity contribution is 0.404. The summed E-state index contributed by atoms with van der Waals surface area (Å²) in [6, 6.07) is 3.17. The summed E-state index contributed by atoms with van der Waals surface area (Å²) >= 11 is 11.5. The number of aliphatic hydroxyl groups excluding tert-OH is 1. The van der Waals surface area contributed by atoms with Crippen LogP contribution in [0.2, 0.25) is 10.0 Å². The molecule has 0 spiro atoms. The number of ether oxygens (including phenoxy) is 1. The third-order valence-corrected chi connectivity index (χ3v) is 2.22. The minimum atomic E-state index is 0.319. The Morgan fingerprint density at radius 1 is 1.42 bits per heavy atom. The lowest BCUT2D eigenvalue weighted by Gasteiger charge is -2.05. The van der Waals surface area contributed by atoms with Crippen LogP contribution in [0, 0.1) is 6.61 Å². The zero-order chi connectivity index (χ0) is 9.14. The largest absolute Gasteiger partial charge is 0.497 e. The predicted molar refractivity (Wildman–Crippen MR) is 48.4 cm³/mol. The molecule has 1 rings (SSSR count). The SMILES string of the molecule is COc1cc(Cl)c(Cl)c([CH]O)c1. The van der Waals surface area contributed by atoms with Crippen molar-refractivity contribution >= 4 is 23.2 Å². The first-order chi connectivity index (χ1) is 5.69. The third-order valence-electron chi connectivity index (χ3n) is 1.40. The highest BCUT2D eigenvalue weighted by atomic mass is 35.5. The molecule has 0 unspecified atom stereocenters. The van der Waals surface area contributed by atoms with Crippen LogP contribution in [0.15, 0.2) is 12.1 Å². The van der Waals surface area contributed by atoms with E-state index in [2.05, 4.69) is 0 Å². The van der Waals surface area contributed by atoms with Crippen molar-refractivity contribution in [2.24, 2.45) is 0 Å². The maximum absolute atomic E-state index is 8.74. The summed E-state index contributed by atoms with van der Waals surface area (Å²) in [7, 11) is 1.51. The van der Waals surface area contributed by atoms with Crippen LogP contribution in [0.25, 0.3) is 0 Å². The second-order valence-electron chi connectivity index (χ2n) is 2.14. The van der Waals surface area contributed by atoms with E-state index in [9.17, 15) is 0 Å². The van der Waals surface area contributed by atoms with Gasteiger partial charge in [0.25, 0.3) is 0 Å². The van der Waals surface area contributed by atoms with Gasteiger partial charge in [0.05, 0.1) is 17.2 Å². The van der Waals surface area contributed by atoms with E-state index >= 15 is 0 Å². The Hall–Kier alpha value is -0.440. The lowest BCUT2D eigenvalue weighted by atomic mass is 10.2. The van der Waals surface area contributed by atoms with Crippen molar-refractivity contribution in [1.29, 1.82) is 0 Å². The average Bonchev–Trinajstić information content (AvgIpc) is 2.09. The predicted octanol–water partition coefficient (Wildman–Crippen LogP) is 2.88. The third kappa shape index (κ3) is 1.83. The molecular formula is C8H7Cl2O2. The highest BCUT2D eigenvalue weighted by Gasteiger charge is 2.06. The average molecular weight is 206 g/mol. The molecule has 0 amide bonds. The highest BCUT2D eigenvalue weighted by molar-refractivity contribution is 6.42. The maximum atomic E-state index is 8.74. The van der Waals surface area contributed by atoms with E-state index < -0.39 is 0 Å². The Bertz CT molecular complexity index is 287. The number of rotatable bonds is 2. The quantitative estimate of drug-likeness (QED) is 0.805. The fraction of sp³-hybridized carbons (Fsp3) is 0.125. The minimum absolute atomic E-state index is 0.319. The molecule has 65 valence electrons. The number of hydrogen-bond donors (Lipinski definition) is 1. The van der Waals surface area contributed by atoms with Crippen LogP contribution in [-0.4, -0.2) is 12.2 Å². The molecule has 0 aliphatic rings. The number of halogens is 2. The summed E-state index contributed by atoms with van der Waals surface area (Å²) in [5.74, 6) is 0.560. The summed E-state index contributed by atoms with van der Waals surface area (Å²) in [5.41, 5.74) is 0.445. The Labute approximate surface area is 80.7 Å². The molecule has 1 aromatic carbocycles. The van der Waals surface area contributed by atoms with Crippen LogP contribution in [-0.2, 0) is 0 Å². The summed E-state index contributed by atoms with van der Waals surface area (Å²) < 4.78 is 4.92. The van der Waals surface area contributed by atoms with Gasteiger partial charge in [-0.3, -0.25) is 0 Å². The molecule has 0 bridgehead atoms. The van der Waals surface area contributed by atoms with Crippen LogP contribution in [0.1, 0.15) is 5.56 Å². The normalized spacial score (nSPS) is 10.0. The van der Waals surface area contributed by atoms with Crippen LogP contribution < -0.4 is 4.74 Å². The van der Waals surface area contributed by atoms with Gasteiger partial charge in [-0.05, 0) is 6.07 Å². The summed E-state index contributed by atoms with van der Waals surface area (Å²) in [6.07, 6.45) is 0. The molecule has 1 aromatic rings. The van der Waals surface area contributed by atoms with Crippen molar-refractivity contribution < 1.29 is 9.84 Å². The van der Waals surface area contributed by atoms with Gasteiger partial charge in [0.1, 0.15) is 12.4 Å². The Balaban J connectivity index is 3.19. The summed E-state index contributed by atoms with van der Waals surface area (Å²) in [5, 5.41) is 9.42. The van der Waals surface area contributed by atoms with E-state index in [1.165, 1.54) is 7.11 Å². The smallest absolute Gasteiger partial charge is 0.120 e. The molecule has 2 nitrogen and oxygen atoms in total. The molecule has 0 aliphatic carbocycles. The van der Waals surface area contributed by atoms with Crippen molar-refractivity contribution in [3.05, 3.63) is 34.3 Å². The van der Waals surface area contributed by atoms with Gasteiger partial charge in [0.15, 0.2) is 0 Å². The standard InChI is InChI=1S/C8H7Cl2O2/c1-12-6-2-5(4-11)8(10)7(9)3-6/h2-4,11H,1H3. The van der Waals surface area contributed by atoms with Gasteiger partial charge in [-0.25, -0.2) is 0 Å². The molecule has 1 radical (unpaired) electrons. The number of hydrogen-bond acceptors (Lipinski definition) is 2. The minimum Gasteiger partial charge on any atom is -0.497 e. The molecule has 0 aliphatic heterocycles. The van der Waals surface area contributed by atoms with E-state index in [1.54, 1.807) is 12.1 Å². The van der Waals surface area contributed by atoms with Crippen LogP contribution in [0.3, 0.4) is 0 Å². The van der Waals surface area contributed by atoms with Gasteiger partial charge in [-0.1, -0.05) is 23.2 Å². The van der Waals surface area contributed by atoms with Crippen molar-refractivity contribution in [1.82, 2.24) is 0 Å². The monoisotopic (exact) mass is 205 g/mol. The lowest BCUT2D eigenvalue weighted by Crippen LogP contribution is -1.88. The van der Waals surface area contributed by atoms with E-state index in [0.29, 0.717) is 21.4 Å². The number of methoxy groups -OCH3 is 1. The summed E-state index contributed by atoms with van der Waals surface area (Å²) in [6.45, 7) is 0.886. The van der Waals surface area contributed by atoms with Crippen LogP contribution in [0.4, 0.5) is 0 Å². The van der Waals surface area contributed by atoms with Crippen molar-refractivity contribution in [3.63, 3.8) is 0 Å². The molecule has 1 N–H and O–H groups in total. The van der Waals surface area contributed by atoms with Gasteiger partial charge in [-0.15, -0.1) is 0 Å². The molecule has 0 atom stereocenters. The Morgan fingerprint density at radius 2 is 2.08 bits per heavy atom. The zero-order valence-electron chi connectivity index (χ0n) is 6.34. The first-order valence-corrected chi connectivity index (χ1v) is 3.95. The van der Waals surface area contributed by atoms with Crippen molar-refractivity contribution in [2.45, 2.75) is 0 Å². The van der Waals surface area contributed by atoms with E-state index in [0.717, 1.165) is 6.61 Å².